The van der Waals surface area contributed by atoms with E-state index >= 15 is 0 Å². The van der Waals surface area contributed by atoms with Crippen LogP contribution in [0.4, 0.5) is 23.1 Å². The molecule has 148 valence electrons. The zero-order chi connectivity index (χ0) is 20.4. The lowest BCUT2D eigenvalue weighted by Gasteiger charge is -2.19. The van der Waals surface area contributed by atoms with Crippen molar-refractivity contribution in [1.82, 2.24) is 9.97 Å². The van der Waals surface area contributed by atoms with Crippen molar-refractivity contribution in [2.24, 2.45) is 0 Å². The van der Waals surface area contributed by atoms with E-state index in [1.807, 2.05) is 12.1 Å². The molecule has 5 nitrogen and oxygen atoms in total. The van der Waals surface area contributed by atoms with E-state index in [0.717, 1.165) is 47.5 Å². The number of nitrogens with zero attached hydrogens (tertiary/aromatic N) is 2. The third-order valence-electron chi connectivity index (χ3n) is 5.18. The number of ketones is 1. The fraction of sp³-hybridized carbons (Fsp3) is 0.292. The number of Topliss-reactive ketones (excluding diaryl/α,β-unsaturated/α-hetero) is 1. The van der Waals surface area contributed by atoms with Gasteiger partial charge in [0.25, 0.3) is 0 Å². The number of anilines is 4. The molecule has 1 heterocycles. The number of aromatic nitrogens is 2. The number of fused-ring (bicyclic) bond motifs is 1. The molecule has 0 saturated heterocycles. The maximum Gasteiger partial charge on any atom is 0.229 e. The van der Waals surface area contributed by atoms with Crippen LogP contribution in [0.2, 0.25) is 0 Å². The molecule has 5 heteroatoms. The second-order valence-electron chi connectivity index (χ2n) is 7.67. The molecule has 0 unspecified atom stereocenters. The van der Waals surface area contributed by atoms with E-state index in [0.29, 0.717) is 23.8 Å². The van der Waals surface area contributed by atoms with Crippen molar-refractivity contribution in [3.05, 3.63) is 70.4 Å². The highest BCUT2D eigenvalue weighted by atomic mass is 16.1. The SMILES string of the molecule is CCc1ccc(Nc2nc3c(c(Nc4cc(C)cc(C)c4)n2)C(=O)CCC3)cc1. The lowest BCUT2D eigenvalue weighted by Crippen LogP contribution is -2.18. The van der Waals surface area contributed by atoms with Crippen molar-refractivity contribution in [3.63, 3.8) is 0 Å². The van der Waals surface area contributed by atoms with E-state index in [2.05, 4.69) is 71.7 Å². The summed E-state index contributed by atoms with van der Waals surface area (Å²) in [6, 6.07) is 14.5. The van der Waals surface area contributed by atoms with Crippen LogP contribution in [0.1, 0.15) is 52.5 Å². The smallest absolute Gasteiger partial charge is 0.229 e. The Morgan fingerprint density at radius 3 is 2.31 bits per heavy atom. The van der Waals surface area contributed by atoms with Crippen LogP contribution in [0.15, 0.2) is 42.5 Å². The van der Waals surface area contributed by atoms with Crippen LogP contribution < -0.4 is 10.6 Å². The van der Waals surface area contributed by atoms with Crippen molar-refractivity contribution in [2.45, 2.75) is 46.5 Å². The van der Waals surface area contributed by atoms with Crippen molar-refractivity contribution >= 4 is 28.9 Å². The van der Waals surface area contributed by atoms with Crippen LogP contribution in [0, 0.1) is 13.8 Å². The third kappa shape index (κ3) is 4.29. The molecule has 2 aromatic carbocycles. The minimum atomic E-state index is 0.108. The number of benzene rings is 2. The number of rotatable bonds is 5. The summed E-state index contributed by atoms with van der Waals surface area (Å²) in [6.07, 6.45) is 3.16. The van der Waals surface area contributed by atoms with Gasteiger partial charge in [-0.2, -0.15) is 4.98 Å². The molecular weight excluding hydrogens is 360 g/mol. The van der Waals surface area contributed by atoms with Gasteiger partial charge in [-0.1, -0.05) is 25.1 Å². The van der Waals surface area contributed by atoms with Gasteiger partial charge in [0.2, 0.25) is 5.95 Å². The molecule has 2 N–H and O–H groups in total. The molecule has 29 heavy (non-hydrogen) atoms. The van der Waals surface area contributed by atoms with E-state index in [4.69, 9.17) is 0 Å². The van der Waals surface area contributed by atoms with E-state index in [1.165, 1.54) is 5.56 Å². The van der Waals surface area contributed by atoms with Gasteiger partial charge in [-0.15, -0.1) is 0 Å². The van der Waals surface area contributed by atoms with E-state index < -0.39 is 0 Å². The van der Waals surface area contributed by atoms with Crippen molar-refractivity contribution < 1.29 is 4.79 Å². The molecule has 0 bridgehead atoms. The van der Waals surface area contributed by atoms with Crippen LogP contribution in [0.5, 0.6) is 0 Å². The summed E-state index contributed by atoms with van der Waals surface area (Å²) >= 11 is 0. The standard InChI is InChI=1S/C24H26N4O/c1-4-17-8-10-18(11-9-17)26-24-27-20-6-5-7-21(29)22(20)23(28-24)25-19-13-15(2)12-16(3)14-19/h8-14H,4-7H2,1-3H3,(H2,25,26,27,28). The molecule has 0 atom stereocenters. The van der Waals surface area contributed by atoms with Gasteiger partial charge in [0.1, 0.15) is 5.82 Å². The summed E-state index contributed by atoms with van der Waals surface area (Å²) in [7, 11) is 0. The van der Waals surface area contributed by atoms with Crippen LogP contribution in [-0.4, -0.2) is 15.8 Å². The highest BCUT2D eigenvalue weighted by Gasteiger charge is 2.24. The Morgan fingerprint density at radius 2 is 1.62 bits per heavy atom. The Kier molecular flexibility index (Phi) is 5.30. The normalized spacial score (nSPS) is 13.1. The van der Waals surface area contributed by atoms with Crippen molar-refractivity contribution in [3.8, 4) is 0 Å². The first-order chi connectivity index (χ1) is 14.0. The van der Waals surface area contributed by atoms with E-state index in [-0.39, 0.29) is 5.78 Å². The predicted octanol–water partition coefficient (Wildman–Crippen LogP) is 5.66. The zero-order valence-electron chi connectivity index (χ0n) is 17.2. The first-order valence-electron chi connectivity index (χ1n) is 10.2. The summed E-state index contributed by atoms with van der Waals surface area (Å²) in [5.74, 6) is 1.20. The minimum Gasteiger partial charge on any atom is -0.339 e. The molecule has 0 amide bonds. The second kappa shape index (κ2) is 8.03. The molecule has 0 saturated carbocycles. The lowest BCUT2D eigenvalue weighted by atomic mass is 9.95. The molecule has 0 aliphatic heterocycles. The quantitative estimate of drug-likeness (QED) is 0.592. The first kappa shape index (κ1) is 19.1. The number of aryl methyl sites for hydroxylation is 4. The van der Waals surface area contributed by atoms with Gasteiger partial charge >= 0.3 is 0 Å². The molecule has 1 aliphatic rings. The summed E-state index contributed by atoms with van der Waals surface area (Å²) in [4.78, 5) is 22.0. The molecule has 0 spiro atoms. The van der Waals surface area contributed by atoms with Gasteiger partial charge in [-0.3, -0.25) is 4.79 Å². The summed E-state index contributed by atoms with van der Waals surface area (Å²) in [6.45, 7) is 6.26. The predicted molar refractivity (Wildman–Crippen MR) is 118 cm³/mol. The first-order valence-corrected chi connectivity index (χ1v) is 10.2. The Morgan fingerprint density at radius 1 is 0.897 bits per heavy atom. The highest BCUT2D eigenvalue weighted by molar-refractivity contribution is 6.03. The highest BCUT2D eigenvalue weighted by Crippen LogP contribution is 2.30. The van der Waals surface area contributed by atoms with Crippen LogP contribution >= 0.6 is 0 Å². The van der Waals surface area contributed by atoms with Crippen LogP contribution in [-0.2, 0) is 12.8 Å². The van der Waals surface area contributed by atoms with Crippen LogP contribution in [0.3, 0.4) is 0 Å². The minimum absolute atomic E-state index is 0.108. The topological polar surface area (TPSA) is 66.9 Å². The van der Waals surface area contributed by atoms with Gasteiger partial charge in [-0.25, -0.2) is 4.98 Å². The number of carbonyl (C=O) groups is 1. The molecule has 1 aromatic heterocycles. The van der Waals surface area contributed by atoms with Crippen molar-refractivity contribution in [1.29, 1.82) is 0 Å². The molecule has 0 fully saturated rings. The number of hydrogen-bond donors (Lipinski definition) is 2. The average Bonchev–Trinajstić information content (AvgIpc) is 2.68. The Hall–Kier alpha value is -3.21. The number of carbonyl (C=O) groups excluding carboxylic acids is 1. The molecule has 0 radical (unpaired) electrons. The van der Waals surface area contributed by atoms with E-state index in [1.54, 1.807) is 0 Å². The Labute approximate surface area is 171 Å². The fourth-order valence-corrected chi connectivity index (χ4v) is 3.81. The van der Waals surface area contributed by atoms with Crippen LogP contribution in [0.25, 0.3) is 0 Å². The largest absolute Gasteiger partial charge is 0.339 e. The third-order valence-corrected chi connectivity index (χ3v) is 5.18. The Bertz CT molecular complexity index is 1040. The molecule has 3 aromatic rings. The number of hydrogen-bond acceptors (Lipinski definition) is 5. The number of nitrogens with one attached hydrogen (secondary N) is 2. The Balaban J connectivity index is 1.71. The molecular formula is C24H26N4O. The maximum atomic E-state index is 12.6. The second-order valence-corrected chi connectivity index (χ2v) is 7.67. The summed E-state index contributed by atoms with van der Waals surface area (Å²) < 4.78 is 0. The molecule has 1 aliphatic carbocycles. The van der Waals surface area contributed by atoms with Gasteiger partial charge < -0.3 is 10.6 Å². The lowest BCUT2D eigenvalue weighted by molar-refractivity contribution is 0.0972. The maximum absolute atomic E-state index is 12.6. The van der Waals surface area contributed by atoms with Gasteiger partial charge in [-0.05, 0) is 74.1 Å². The summed E-state index contributed by atoms with van der Waals surface area (Å²) in [5, 5.41) is 6.67. The molecule has 4 rings (SSSR count). The van der Waals surface area contributed by atoms with Crippen molar-refractivity contribution in [2.75, 3.05) is 10.6 Å². The van der Waals surface area contributed by atoms with E-state index in [9.17, 15) is 4.79 Å². The average molecular weight is 386 g/mol. The van der Waals surface area contributed by atoms with Gasteiger partial charge in [0.15, 0.2) is 5.78 Å². The van der Waals surface area contributed by atoms with Gasteiger partial charge in [0.05, 0.1) is 11.3 Å². The summed E-state index contributed by atoms with van der Waals surface area (Å²) in [5.41, 5.74) is 6.91. The van der Waals surface area contributed by atoms with Gasteiger partial charge in [0, 0.05) is 17.8 Å². The zero-order valence-corrected chi connectivity index (χ0v) is 17.2. The monoisotopic (exact) mass is 386 g/mol. The fourth-order valence-electron chi connectivity index (χ4n) is 3.81.